The van der Waals surface area contributed by atoms with Gasteiger partial charge in [-0.25, -0.2) is 0 Å². The number of thiophene rings is 1. The van der Waals surface area contributed by atoms with Gasteiger partial charge in [0.25, 0.3) is 0 Å². The van der Waals surface area contributed by atoms with Crippen LogP contribution in [0, 0.1) is 0 Å². The molecule has 2 atom stereocenters. The van der Waals surface area contributed by atoms with E-state index in [1.807, 2.05) is 11.3 Å². The molecule has 0 radical (unpaired) electrons. The van der Waals surface area contributed by atoms with Crippen LogP contribution in [-0.4, -0.2) is 54.1 Å². The second-order valence-electron chi connectivity index (χ2n) is 6.64. The second-order valence-corrected chi connectivity index (χ2v) is 7.67. The van der Waals surface area contributed by atoms with E-state index < -0.39 is 0 Å². The van der Waals surface area contributed by atoms with E-state index in [0.29, 0.717) is 6.04 Å². The van der Waals surface area contributed by atoms with E-state index in [1.165, 1.54) is 24.1 Å². The monoisotopic (exact) mass is 293 g/mol. The molecule has 1 aromatic heterocycles. The van der Waals surface area contributed by atoms with Crippen molar-refractivity contribution in [1.82, 2.24) is 9.80 Å². The van der Waals surface area contributed by atoms with Crippen molar-refractivity contribution in [2.45, 2.75) is 50.2 Å². The van der Waals surface area contributed by atoms with E-state index in [1.54, 1.807) is 0 Å². The van der Waals surface area contributed by atoms with E-state index in [9.17, 15) is 0 Å². The number of rotatable bonds is 6. The molecule has 0 bridgehead atoms. The topological polar surface area (TPSA) is 32.5 Å². The largest absolute Gasteiger partial charge is 0.329 e. The quantitative estimate of drug-likeness (QED) is 0.872. The fraction of sp³-hybridized carbons (Fsp3) is 0.750. The molecule has 3 nitrogen and oxygen atoms in total. The van der Waals surface area contributed by atoms with E-state index in [-0.39, 0.29) is 5.54 Å². The summed E-state index contributed by atoms with van der Waals surface area (Å²) >= 11 is 1.86. The number of likely N-dealkylation sites (tertiary alicyclic amines) is 1. The minimum absolute atomic E-state index is 0.194. The molecule has 20 heavy (non-hydrogen) atoms. The summed E-state index contributed by atoms with van der Waals surface area (Å²) in [5.74, 6) is 0. The first kappa shape index (κ1) is 14.5. The van der Waals surface area contributed by atoms with Crippen molar-refractivity contribution in [3.63, 3.8) is 0 Å². The van der Waals surface area contributed by atoms with E-state index >= 15 is 0 Å². The van der Waals surface area contributed by atoms with Crippen LogP contribution in [0.4, 0.5) is 0 Å². The smallest absolute Gasteiger partial charge is 0.0470 e. The Hall–Kier alpha value is -0.420. The van der Waals surface area contributed by atoms with Gasteiger partial charge >= 0.3 is 0 Å². The molecule has 1 aliphatic heterocycles. The van der Waals surface area contributed by atoms with Crippen LogP contribution in [0.25, 0.3) is 0 Å². The number of nitrogens with two attached hydrogens (primary N) is 1. The Bertz CT molecular complexity index is 429. The average molecular weight is 293 g/mol. The Morgan fingerprint density at radius 1 is 1.50 bits per heavy atom. The van der Waals surface area contributed by atoms with Crippen LogP contribution < -0.4 is 5.73 Å². The Kier molecular flexibility index (Phi) is 4.18. The molecule has 3 rings (SSSR count). The van der Waals surface area contributed by atoms with Crippen molar-refractivity contribution in [3.05, 3.63) is 22.4 Å². The first-order valence-corrected chi connectivity index (χ1v) is 8.72. The number of hydrogen-bond donors (Lipinski definition) is 1. The summed E-state index contributed by atoms with van der Waals surface area (Å²) in [4.78, 5) is 6.72. The summed E-state index contributed by atoms with van der Waals surface area (Å²) < 4.78 is 0. The molecular formula is C16H27N3S. The van der Waals surface area contributed by atoms with E-state index in [0.717, 1.165) is 32.1 Å². The zero-order valence-electron chi connectivity index (χ0n) is 12.7. The predicted molar refractivity (Wildman–Crippen MR) is 86.2 cm³/mol. The fourth-order valence-electron chi connectivity index (χ4n) is 3.67. The number of nitrogens with zero attached hydrogens (tertiary/aromatic N) is 2. The van der Waals surface area contributed by atoms with Gasteiger partial charge in [0.15, 0.2) is 0 Å². The van der Waals surface area contributed by atoms with E-state index in [2.05, 4.69) is 41.3 Å². The molecule has 2 N–H and O–H groups in total. The molecule has 2 unspecified atom stereocenters. The molecule has 2 heterocycles. The summed E-state index contributed by atoms with van der Waals surface area (Å²) in [6.45, 7) is 5.43. The first-order chi connectivity index (χ1) is 9.64. The highest BCUT2D eigenvalue weighted by molar-refractivity contribution is 7.09. The molecule has 0 amide bonds. The summed E-state index contributed by atoms with van der Waals surface area (Å²) in [6.07, 6.45) is 5.16. The van der Waals surface area contributed by atoms with Gasteiger partial charge < -0.3 is 5.73 Å². The first-order valence-electron chi connectivity index (χ1n) is 7.84. The normalized spacial score (nSPS) is 31.3. The van der Waals surface area contributed by atoms with Gasteiger partial charge in [-0.1, -0.05) is 6.07 Å². The molecular weight excluding hydrogens is 266 g/mol. The molecule has 1 saturated heterocycles. The Balaban J connectivity index is 1.62. The maximum Gasteiger partial charge on any atom is 0.0470 e. The average Bonchev–Trinajstić information content (AvgIpc) is 3.03. The second kappa shape index (κ2) is 5.76. The molecule has 0 spiro atoms. The van der Waals surface area contributed by atoms with Crippen LogP contribution in [0.2, 0.25) is 0 Å². The summed E-state index contributed by atoms with van der Waals surface area (Å²) in [5.41, 5.74) is 6.39. The minimum Gasteiger partial charge on any atom is -0.329 e. The van der Waals surface area contributed by atoms with Crippen LogP contribution in [0.5, 0.6) is 0 Å². The standard InChI is InChI=1S/C16H27N3S/c1-13-10-16(11-17,12-19(13)14-5-6-14)18(2)8-7-15-4-3-9-20-15/h3-4,9,13-14H,5-8,10-12,17H2,1-2H3. The minimum atomic E-state index is 0.194. The lowest BCUT2D eigenvalue weighted by atomic mass is 9.94. The van der Waals surface area contributed by atoms with Crippen LogP contribution in [-0.2, 0) is 6.42 Å². The van der Waals surface area contributed by atoms with Gasteiger partial charge in [0.1, 0.15) is 0 Å². The Morgan fingerprint density at radius 3 is 2.90 bits per heavy atom. The van der Waals surface area contributed by atoms with Crippen molar-refractivity contribution in [2.24, 2.45) is 5.73 Å². The van der Waals surface area contributed by atoms with Crippen LogP contribution in [0.3, 0.4) is 0 Å². The lowest BCUT2D eigenvalue weighted by Crippen LogP contribution is -2.54. The van der Waals surface area contributed by atoms with E-state index in [4.69, 9.17) is 5.73 Å². The third-order valence-electron chi connectivity index (χ3n) is 5.20. The van der Waals surface area contributed by atoms with Gasteiger partial charge in [-0.3, -0.25) is 9.80 Å². The van der Waals surface area contributed by atoms with Gasteiger partial charge in [-0.2, -0.15) is 0 Å². The van der Waals surface area contributed by atoms with Crippen molar-refractivity contribution >= 4 is 11.3 Å². The predicted octanol–water partition coefficient (Wildman–Crippen LogP) is 2.18. The van der Waals surface area contributed by atoms with Gasteiger partial charge in [-0.15, -0.1) is 11.3 Å². The molecule has 1 aromatic rings. The molecule has 1 aliphatic carbocycles. The SMILES string of the molecule is CC1CC(CN)(N(C)CCc2cccs2)CN1C1CC1. The number of hydrogen-bond acceptors (Lipinski definition) is 4. The number of likely N-dealkylation sites (N-methyl/N-ethyl adjacent to an activating group) is 1. The molecule has 1 saturated carbocycles. The summed E-state index contributed by atoms with van der Waals surface area (Å²) in [6, 6.07) is 5.92. The highest BCUT2D eigenvalue weighted by Crippen LogP contribution is 2.39. The van der Waals surface area contributed by atoms with Crippen LogP contribution in [0.1, 0.15) is 31.1 Å². The molecule has 2 fully saturated rings. The van der Waals surface area contributed by atoms with Crippen molar-refractivity contribution in [2.75, 3.05) is 26.7 Å². The maximum absolute atomic E-state index is 6.20. The lowest BCUT2D eigenvalue weighted by molar-refractivity contribution is 0.129. The molecule has 112 valence electrons. The van der Waals surface area contributed by atoms with Crippen molar-refractivity contribution < 1.29 is 0 Å². The molecule has 2 aliphatic rings. The fourth-order valence-corrected chi connectivity index (χ4v) is 4.37. The highest BCUT2D eigenvalue weighted by atomic mass is 32.1. The zero-order chi connectivity index (χ0) is 14.2. The maximum atomic E-state index is 6.20. The van der Waals surface area contributed by atoms with Crippen LogP contribution in [0.15, 0.2) is 17.5 Å². The highest BCUT2D eigenvalue weighted by Gasteiger charge is 2.48. The molecule has 4 heteroatoms. The van der Waals surface area contributed by atoms with Gasteiger partial charge in [0.2, 0.25) is 0 Å². The van der Waals surface area contributed by atoms with Crippen molar-refractivity contribution in [1.29, 1.82) is 0 Å². The van der Waals surface area contributed by atoms with Gasteiger partial charge in [0, 0.05) is 42.1 Å². The Labute approximate surface area is 126 Å². The zero-order valence-corrected chi connectivity index (χ0v) is 13.5. The van der Waals surface area contributed by atoms with Gasteiger partial charge in [-0.05, 0) is 51.1 Å². The molecule has 0 aromatic carbocycles. The van der Waals surface area contributed by atoms with Gasteiger partial charge in [0.05, 0.1) is 0 Å². The third-order valence-corrected chi connectivity index (χ3v) is 6.13. The van der Waals surface area contributed by atoms with Crippen LogP contribution >= 0.6 is 11.3 Å². The van der Waals surface area contributed by atoms with Crippen molar-refractivity contribution in [3.8, 4) is 0 Å². The summed E-state index contributed by atoms with van der Waals surface area (Å²) in [7, 11) is 2.27. The third kappa shape index (κ3) is 2.80. The summed E-state index contributed by atoms with van der Waals surface area (Å²) in [5, 5.41) is 2.17. The lowest BCUT2D eigenvalue weighted by Gasteiger charge is -2.38. The Morgan fingerprint density at radius 2 is 2.30 bits per heavy atom.